The van der Waals surface area contributed by atoms with Gasteiger partial charge in [-0.05, 0) is 181 Å². The predicted octanol–water partition coefficient (Wildman–Crippen LogP) is 19.1. The molecule has 2 heterocycles. The summed E-state index contributed by atoms with van der Waals surface area (Å²) in [6.45, 7) is 0. The van der Waals surface area contributed by atoms with Crippen LogP contribution in [-0.2, 0) is 0 Å². The molecule has 0 unspecified atom stereocenters. The first-order chi connectivity index (χ1) is 39.0. The Kier molecular flexibility index (Phi) is 16.6. The summed E-state index contributed by atoms with van der Waals surface area (Å²) in [6, 6.07) is 48.9. The third-order valence-corrected chi connectivity index (χ3v) is 16.5. The van der Waals surface area contributed by atoms with Crippen LogP contribution < -0.4 is 28.4 Å². The van der Waals surface area contributed by atoms with Gasteiger partial charge in [-0.3, -0.25) is 0 Å². The molecule has 404 valence electrons. The predicted molar refractivity (Wildman–Crippen MR) is 306 cm³/mol. The number of aromatic nitrogens is 6. The van der Waals surface area contributed by atoms with Gasteiger partial charge in [0.15, 0.2) is 0 Å². The van der Waals surface area contributed by atoms with E-state index in [-0.39, 0.29) is 36.1 Å². The highest BCUT2D eigenvalue weighted by Crippen LogP contribution is 2.39. The van der Waals surface area contributed by atoms with Gasteiger partial charge in [0.2, 0.25) is 0 Å². The molecular weight excluding hydrogens is 985 g/mol. The first kappa shape index (κ1) is 51.9. The molecule has 4 aliphatic rings. The van der Waals surface area contributed by atoms with Crippen LogP contribution in [0, 0.1) is 0 Å². The lowest BCUT2D eigenvalue weighted by Crippen LogP contribution is -2.05. The van der Waals surface area contributed by atoms with Crippen LogP contribution in [0.2, 0.25) is 0 Å². The van der Waals surface area contributed by atoms with Crippen LogP contribution in [0.15, 0.2) is 146 Å². The van der Waals surface area contributed by atoms with Gasteiger partial charge in [0.25, 0.3) is 0 Å². The SMILES string of the molecule is c1cc(-c2ccc(Oc3nc(Oc4ccc(C5CCCCC5)cc4)nc(Oc4ccc(C5CCCCC5)cc4)n3)cc2)ccc1Oc1nc(Oc2ccc(C3CCCCCC3)cc2)nc(Oc2ccc(C3CCCCC3)cc2)n1. The third kappa shape index (κ3) is 13.9. The van der Waals surface area contributed by atoms with Crippen LogP contribution in [0.4, 0.5) is 0 Å². The minimum absolute atomic E-state index is 0.0443. The summed E-state index contributed by atoms with van der Waals surface area (Å²) in [7, 11) is 0. The fourth-order valence-electron chi connectivity index (χ4n) is 12.1. The number of rotatable bonds is 17. The summed E-state index contributed by atoms with van der Waals surface area (Å²) in [5.74, 6) is 5.90. The van der Waals surface area contributed by atoms with Crippen molar-refractivity contribution in [2.24, 2.45) is 0 Å². The van der Waals surface area contributed by atoms with Crippen molar-refractivity contribution in [3.63, 3.8) is 0 Å². The van der Waals surface area contributed by atoms with E-state index in [0.29, 0.717) is 58.2 Å². The molecule has 12 heteroatoms. The Morgan fingerprint density at radius 2 is 0.367 bits per heavy atom. The molecule has 0 radical (unpaired) electrons. The van der Waals surface area contributed by atoms with Gasteiger partial charge in [0.05, 0.1) is 0 Å². The Balaban J connectivity index is 0.738. The van der Waals surface area contributed by atoms with Crippen molar-refractivity contribution in [2.45, 2.75) is 159 Å². The van der Waals surface area contributed by atoms with E-state index >= 15 is 0 Å². The van der Waals surface area contributed by atoms with E-state index in [9.17, 15) is 0 Å². The number of hydrogen-bond acceptors (Lipinski definition) is 12. The molecular formula is C67H70N6O6. The van der Waals surface area contributed by atoms with E-state index < -0.39 is 0 Å². The van der Waals surface area contributed by atoms with Gasteiger partial charge >= 0.3 is 36.1 Å². The quantitative estimate of drug-likeness (QED) is 0.0804. The van der Waals surface area contributed by atoms with Crippen molar-refractivity contribution < 1.29 is 28.4 Å². The number of nitrogens with zero attached hydrogens (tertiary/aromatic N) is 6. The molecule has 2 aromatic heterocycles. The summed E-state index contributed by atoms with van der Waals surface area (Å²) in [5, 5.41) is 0. The van der Waals surface area contributed by atoms with E-state index in [1.165, 1.54) is 157 Å². The van der Waals surface area contributed by atoms with Crippen LogP contribution in [0.1, 0.15) is 181 Å². The number of ether oxygens (including phenoxy) is 6. The van der Waals surface area contributed by atoms with Crippen LogP contribution in [0.25, 0.3) is 11.1 Å². The maximum Gasteiger partial charge on any atom is 0.331 e. The van der Waals surface area contributed by atoms with E-state index in [0.717, 1.165) is 11.1 Å². The highest BCUT2D eigenvalue weighted by Gasteiger charge is 2.21. The summed E-state index contributed by atoms with van der Waals surface area (Å²) in [5.41, 5.74) is 7.29. The van der Waals surface area contributed by atoms with Gasteiger partial charge in [0, 0.05) is 0 Å². The summed E-state index contributed by atoms with van der Waals surface area (Å²) in [6.07, 6.45) is 26.6. The molecule has 4 fully saturated rings. The molecule has 0 saturated heterocycles. The van der Waals surface area contributed by atoms with Crippen molar-refractivity contribution >= 4 is 0 Å². The zero-order chi connectivity index (χ0) is 53.0. The molecule has 0 amide bonds. The van der Waals surface area contributed by atoms with Crippen LogP contribution in [0.5, 0.6) is 70.6 Å². The van der Waals surface area contributed by atoms with Crippen LogP contribution in [0.3, 0.4) is 0 Å². The minimum Gasteiger partial charge on any atom is -0.424 e. The molecule has 0 N–H and O–H groups in total. The topological polar surface area (TPSA) is 133 Å². The van der Waals surface area contributed by atoms with Crippen LogP contribution >= 0.6 is 0 Å². The zero-order valence-electron chi connectivity index (χ0n) is 45.1. The van der Waals surface area contributed by atoms with Gasteiger partial charge < -0.3 is 28.4 Å². The number of benzene rings is 6. The van der Waals surface area contributed by atoms with Gasteiger partial charge in [-0.25, -0.2) is 0 Å². The summed E-state index contributed by atoms with van der Waals surface area (Å²) in [4.78, 5) is 27.5. The fourth-order valence-corrected chi connectivity index (χ4v) is 12.1. The van der Waals surface area contributed by atoms with E-state index in [1.807, 2.05) is 97.1 Å². The standard InChI is InChI=1S/C67H70N6O6/c1-2-7-15-46(14-6-1)50-22-34-56(35-23-50)74-62-68-63(75-57-36-24-51(25-37-57)47-16-8-3-9-17-47)71-66(70-62)78-60-42-30-54(31-43-60)55-32-44-61(45-33-55)79-67-72-64(76-58-38-26-52(27-39-58)48-18-10-4-11-19-48)69-65(73-67)77-59-40-28-53(29-41-59)49-20-12-5-13-21-49/h22-49H,1-21H2. The van der Waals surface area contributed by atoms with Gasteiger partial charge in [-0.15, -0.1) is 29.9 Å². The normalized spacial score (nSPS) is 16.9. The molecule has 79 heavy (non-hydrogen) atoms. The molecule has 0 aliphatic heterocycles. The fraction of sp³-hybridized carbons (Fsp3) is 0.373. The zero-order valence-corrected chi connectivity index (χ0v) is 45.1. The maximum atomic E-state index is 6.29. The molecule has 0 bridgehead atoms. The van der Waals surface area contributed by atoms with Crippen molar-refractivity contribution in [3.8, 4) is 81.7 Å². The monoisotopic (exact) mass is 1050 g/mol. The second kappa shape index (κ2) is 25.3. The third-order valence-electron chi connectivity index (χ3n) is 16.5. The lowest BCUT2D eigenvalue weighted by molar-refractivity contribution is 0.361. The highest BCUT2D eigenvalue weighted by atomic mass is 16.5. The largest absolute Gasteiger partial charge is 0.424 e. The molecule has 6 aromatic carbocycles. The molecule has 0 atom stereocenters. The lowest BCUT2D eigenvalue weighted by Gasteiger charge is -2.22. The van der Waals surface area contributed by atoms with Crippen molar-refractivity contribution in [1.29, 1.82) is 0 Å². The lowest BCUT2D eigenvalue weighted by atomic mass is 9.84. The molecule has 8 aromatic rings. The minimum atomic E-state index is 0.0443. The van der Waals surface area contributed by atoms with Crippen molar-refractivity contribution in [3.05, 3.63) is 168 Å². The Hall–Kier alpha value is -7.86. The molecule has 4 aliphatic carbocycles. The van der Waals surface area contributed by atoms with E-state index in [2.05, 4.69) is 78.4 Å². The van der Waals surface area contributed by atoms with Gasteiger partial charge in [-0.2, -0.15) is 0 Å². The van der Waals surface area contributed by atoms with E-state index in [4.69, 9.17) is 28.4 Å². The average molecular weight is 1060 g/mol. The van der Waals surface area contributed by atoms with Crippen molar-refractivity contribution in [1.82, 2.24) is 29.9 Å². The first-order valence-corrected chi connectivity index (χ1v) is 29.2. The van der Waals surface area contributed by atoms with Gasteiger partial charge in [0.1, 0.15) is 34.5 Å². The Labute approximate surface area is 464 Å². The Morgan fingerprint density at radius 3 is 0.557 bits per heavy atom. The highest BCUT2D eigenvalue weighted by molar-refractivity contribution is 5.65. The molecule has 0 spiro atoms. The molecule has 12 nitrogen and oxygen atoms in total. The Morgan fingerprint density at radius 1 is 0.203 bits per heavy atom. The first-order valence-electron chi connectivity index (χ1n) is 29.2. The van der Waals surface area contributed by atoms with E-state index in [1.54, 1.807) is 0 Å². The smallest absolute Gasteiger partial charge is 0.331 e. The second-order valence-electron chi connectivity index (χ2n) is 22.0. The summed E-state index contributed by atoms with van der Waals surface area (Å²) < 4.78 is 37.6. The van der Waals surface area contributed by atoms with Crippen LogP contribution in [-0.4, -0.2) is 29.9 Å². The van der Waals surface area contributed by atoms with Crippen molar-refractivity contribution in [2.75, 3.05) is 0 Å². The maximum absolute atomic E-state index is 6.29. The average Bonchev–Trinajstić information content (AvgIpc) is 3.80. The van der Waals surface area contributed by atoms with Gasteiger partial charge in [-0.1, -0.05) is 156 Å². The summed E-state index contributed by atoms with van der Waals surface area (Å²) >= 11 is 0. The molecule has 12 rings (SSSR count). The number of hydrogen-bond donors (Lipinski definition) is 0. The second-order valence-corrected chi connectivity index (χ2v) is 22.0. The molecule has 4 saturated carbocycles. The Bertz CT molecular complexity index is 3120.